The van der Waals surface area contributed by atoms with E-state index in [0.717, 1.165) is 36.2 Å². The zero-order valence-corrected chi connectivity index (χ0v) is 22.5. The number of carbonyl (C=O) groups is 2. The Hall–Kier alpha value is -2.36. The lowest BCUT2D eigenvalue weighted by atomic mass is 10.1. The molecule has 1 fully saturated rings. The molecule has 0 heterocycles. The molecule has 1 N–H and O–H groups in total. The van der Waals surface area contributed by atoms with Crippen LogP contribution in [0.15, 0.2) is 42.5 Å². The van der Waals surface area contributed by atoms with Gasteiger partial charge in [0, 0.05) is 17.6 Å². The first kappa shape index (κ1) is 28.2. The summed E-state index contributed by atoms with van der Waals surface area (Å²) in [6, 6.07) is 9.10. The number of rotatable bonds is 10. The lowest BCUT2D eigenvalue weighted by Crippen LogP contribution is -2.53. The van der Waals surface area contributed by atoms with Crippen LogP contribution in [-0.2, 0) is 26.2 Å². The van der Waals surface area contributed by atoms with Gasteiger partial charge in [0.05, 0.1) is 17.0 Å². The van der Waals surface area contributed by atoms with Crippen molar-refractivity contribution >= 4 is 50.7 Å². The van der Waals surface area contributed by atoms with Gasteiger partial charge in [0.2, 0.25) is 21.8 Å². The molecule has 3 rings (SSSR count). The highest BCUT2D eigenvalue weighted by atomic mass is 35.5. The quantitative estimate of drug-likeness (QED) is 0.456. The number of halogens is 3. The SMILES string of the molecule is CC[C@H](C(=O)NC1CCCC1)N(Cc1ccc(F)cc1)C(=O)CN(c1ccc(Cl)cc1Cl)S(C)(=O)=O. The molecule has 1 saturated carbocycles. The van der Waals surface area contributed by atoms with Gasteiger partial charge in [-0.3, -0.25) is 13.9 Å². The van der Waals surface area contributed by atoms with Crippen molar-refractivity contribution in [2.75, 3.05) is 17.1 Å². The van der Waals surface area contributed by atoms with Gasteiger partial charge in [0.1, 0.15) is 18.4 Å². The summed E-state index contributed by atoms with van der Waals surface area (Å²) in [6.45, 7) is 1.21. The van der Waals surface area contributed by atoms with E-state index in [1.807, 2.05) is 0 Å². The van der Waals surface area contributed by atoms with Crippen molar-refractivity contribution < 1.29 is 22.4 Å². The molecule has 0 aromatic heterocycles. The van der Waals surface area contributed by atoms with Crippen LogP contribution in [0.1, 0.15) is 44.6 Å². The van der Waals surface area contributed by atoms with Crippen LogP contribution in [-0.4, -0.2) is 50.0 Å². The van der Waals surface area contributed by atoms with Gasteiger partial charge in [-0.05, 0) is 55.2 Å². The minimum absolute atomic E-state index is 0.00165. The Balaban J connectivity index is 1.93. The van der Waals surface area contributed by atoms with Gasteiger partial charge in [-0.1, -0.05) is 55.1 Å². The summed E-state index contributed by atoms with van der Waals surface area (Å²) in [5.41, 5.74) is 0.703. The van der Waals surface area contributed by atoms with E-state index in [1.165, 1.54) is 47.4 Å². The van der Waals surface area contributed by atoms with Crippen LogP contribution in [0.3, 0.4) is 0 Å². The van der Waals surface area contributed by atoms with Crippen LogP contribution in [0.4, 0.5) is 10.1 Å². The normalized spacial score (nSPS) is 14.9. The number of hydrogen-bond donors (Lipinski definition) is 1. The Morgan fingerprint density at radius 2 is 1.75 bits per heavy atom. The molecule has 0 saturated heterocycles. The number of amides is 2. The Kier molecular flexibility index (Phi) is 9.60. The molecule has 7 nitrogen and oxygen atoms in total. The standard InChI is InChI=1S/C25H30Cl2FN3O4S/c1-3-22(25(33)29-20-6-4-5-7-20)30(15-17-8-11-19(28)12-9-17)24(32)16-31(36(2,34)35)23-13-10-18(26)14-21(23)27/h8-14,20,22H,3-7,15-16H2,1-2H3,(H,29,33)/t22-/m1/s1. The summed E-state index contributed by atoms with van der Waals surface area (Å²) in [7, 11) is -3.92. The van der Waals surface area contributed by atoms with Crippen LogP contribution in [0.5, 0.6) is 0 Å². The lowest BCUT2D eigenvalue weighted by Gasteiger charge is -2.33. The Labute approximate surface area is 221 Å². The largest absolute Gasteiger partial charge is 0.352 e. The lowest BCUT2D eigenvalue weighted by molar-refractivity contribution is -0.140. The van der Waals surface area contributed by atoms with Crippen molar-refractivity contribution in [3.05, 3.63) is 63.9 Å². The van der Waals surface area contributed by atoms with Crippen LogP contribution in [0, 0.1) is 5.82 Å². The monoisotopic (exact) mass is 557 g/mol. The van der Waals surface area contributed by atoms with E-state index in [-0.39, 0.29) is 29.2 Å². The Morgan fingerprint density at radius 3 is 2.31 bits per heavy atom. The Bertz CT molecular complexity index is 1190. The third-order valence-electron chi connectivity index (χ3n) is 6.21. The molecule has 1 aliphatic carbocycles. The molecule has 0 spiro atoms. The van der Waals surface area contributed by atoms with Crippen molar-refractivity contribution in [3.8, 4) is 0 Å². The maximum atomic E-state index is 13.7. The summed E-state index contributed by atoms with van der Waals surface area (Å²) < 4.78 is 39.7. The minimum atomic E-state index is -3.92. The second kappa shape index (κ2) is 12.3. The van der Waals surface area contributed by atoms with E-state index < -0.39 is 34.3 Å². The summed E-state index contributed by atoms with van der Waals surface area (Å²) in [6.07, 6.45) is 5.11. The fourth-order valence-electron chi connectivity index (χ4n) is 4.35. The molecule has 11 heteroatoms. The molecule has 0 bridgehead atoms. The molecule has 0 unspecified atom stereocenters. The zero-order valence-electron chi connectivity index (χ0n) is 20.2. The molecule has 196 valence electrons. The topological polar surface area (TPSA) is 86.8 Å². The predicted octanol–water partition coefficient (Wildman–Crippen LogP) is 4.76. The van der Waals surface area contributed by atoms with Crippen molar-refractivity contribution in [3.63, 3.8) is 0 Å². The third-order valence-corrected chi connectivity index (χ3v) is 7.88. The molecule has 2 amide bonds. The van der Waals surface area contributed by atoms with Gasteiger partial charge in [0.15, 0.2) is 0 Å². The maximum absolute atomic E-state index is 13.7. The number of sulfonamides is 1. The molecule has 2 aromatic carbocycles. The Morgan fingerprint density at radius 1 is 1.11 bits per heavy atom. The first-order valence-corrected chi connectivity index (χ1v) is 14.4. The van der Waals surface area contributed by atoms with Crippen molar-refractivity contribution in [1.29, 1.82) is 0 Å². The summed E-state index contributed by atoms with van der Waals surface area (Å²) in [4.78, 5) is 28.2. The van der Waals surface area contributed by atoms with Gasteiger partial charge in [0.25, 0.3) is 0 Å². The molecule has 36 heavy (non-hydrogen) atoms. The fraction of sp³-hybridized carbons (Fsp3) is 0.440. The number of anilines is 1. The van der Waals surface area contributed by atoms with Gasteiger partial charge in [-0.2, -0.15) is 0 Å². The highest BCUT2D eigenvalue weighted by molar-refractivity contribution is 7.92. The van der Waals surface area contributed by atoms with Crippen LogP contribution >= 0.6 is 23.2 Å². The molecular formula is C25H30Cl2FN3O4S. The van der Waals surface area contributed by atoms with Gasteiger partial charge >= 0.3 is 0 Å². The van der Waals surface area contributed by atoms with E-state index in [0.29, 0.717) is 17.0 Å². The van der Waals surface area contributed by atoms with E-state index in [1.54, 1.807) is 6.92 Å². The van der Waals surface area contributed by atoms with E-state index >= 15 is 0 Å². The van der Waals surface area contributed by atoms with Crippen LogP contribution in [0.25, 0.3) is 0 Å². The molecule has 0 radical (unpaired) electrons. The predicted molar refractivity (Wildman–Crippen MR) is 140 cm³/mol. The van der Waals surface area contributed by atoms with Gasteiger partial charge in [-0.15, -0.1) is 0 Å². The molecule has 0 aliphatic heterocycles. The molecule has 2 aromatic rings. The number of carbonyl (C=O) groups excluding carboxylic acids is 2. The van der Waals surface area contributed by atoms with Gasteiger partial charge < -0.3 is 10.2 Å². The smallest absolute Gasteiger partial charge is 0.244 e. The van der Waals surface area contributed by atoms with E-state index in [9.17, 15) is 22.4 Å². The first-order valence-electron chi connectivity index (χ1n) is 11.8. The number of nitrogens with zero attached hydrogens (tertiary/aromatic N) is 2. The van der Waals surface area contributed by atoms with Crippen LogP contribution < -0.4 is 9.62 Å². The molecule has 1 atom stereocenters. The highest BCUT2D eigenvalue weighted by Gasteiger charge is 2.33. The summed E-state index contributed by atoms with van der Waals surface area (Å²) in [5, 5.41) is 3.41. The number of nitrogens with one attached hydrogen (secondary N) is 1. The minimum Gasteiger partial charge on any atom is -0.352 e. The fourth-order valence-corrected chi connectivity index (χ4v) is 5.77. The van der Waals surface area contributed by atoms with Crippen molar-refractivity contribution in [1.82, 2.24) is 10.2 Å². The molecule has 1 aliphatic rings. The van der Waals surface area contributed by atoms with Gasteiger partial charge in [-0.25, -0.2) is 12.8 Å². The van der Waals surface area contributed by atoms with E-state index in [4.69, 9.17) is 23.2 Å². The number of hydrogen-bond acceptors (Lipinski definition) is 4. The summed E-state index contributed by atoms with van der Waals surface area (Å²) in [5.74, 6) is -1.32. The third kappa shape index (κ3) is 7.33. The molecular weight excluding hydrogens is 528 g/mol. The summed E-state index contributed by atoms with van der Waals surface area (Å²) >= 11 is 12.2. The second-order valence-electron chi connectivity index (χ2n) is 8.93. The second-order valence-corrected chi connectivity index (χ2v) is 11.7. The highest BCUT2D eigenvalue weighted by Crippen LogP contribution is 2.30. The average molecular weight is 559 g/mol. The van der Waals surface area contributed by atoms with Crippen LogP contribution in [0.2, 0.25) is 10.0 Å². The number of benzene rings is 2. The van der Waals surface area contributed by atoms with Crippen molar-refractivity contribution in [2.45, 2.75) is 57.7 Å². The maximum Gasteiger partial charge on any atom is 0.244 e. The average Bonchev–Trinajstić information content (AvgIpc) is 3.31. The first-order chi connectivity index (χ1) is 17.0. The van der Waals surface area contributed by atoms with Crippen molar-refractivity contribution in [2.24, 2.45) is 0 Å². The van der Waals surface area contributed by atoms with E-state index in [2.05, 4.69) is 5.32 Å². The zero-order chi connectivity index (χ0) is 26.5.